The van der Waals surface area contributed by atoms with Crippen molar-refractivity contribution in [1.29, 1.82) is 0 Å². The van der Waals surface area contributed by atoms with Gasteiger partial charge in [0.2, 0.25) is 0 Å². The standard InChI is InChI=1S/C17H14F3N7O3/c18-17(19,20)12-3-6-14(15(9-12)27(29)30)21-7-8-22-16(28)11-1-4-13(5-2-11)26-10-23-24-25-26/h1-6,9-10,21H,7-8H2,(H,22,28). The van der Waals surface area contributed by atoms with E-state index in [-0.39, 0.29) is 24.7 Å². The third kappa shape index (κ3) is 4.87. The van der Waals surface area contributed by atoms with E-state index >= 15 is 0 Å². The van der Waals surface area contributed by atoms with Gasteiger partial charge in [0.15, 0.2) is 0 Å². The van der Waals surface area contributed by atoms with Gasteiger partial charge in [-0.3, -0.25) is 14.9 Å². The number of nitro groups is 1. The number of tetrazole rings is 1. The minimum atomic E-state index is -4.68. The zero-order valence-corrected chi connectivity index (χ0v) is 15.1. The molecule has 0 aliphatic rings. The second-order valence-electron chi connectivity index (χ2n) is 5.97. The predicted molar refractivity (Wildman–Crippen MR) is 98.1 cm³/mol. The molecule has 156 valence electrons. The fraction of sp³-hybridized carbons (Fsp3) is 0.176. The Morgan fingerprint density at radius 3 is 2.47 bits per heavy atom. The smallest absolute Gasteiger partial charge is 0.378 e. The molecule has 0 saturated heterocycles. The van der Waals surface area contributed by atoms with Gasteiger partial charge < -0.3 is 10.6 Å². The van der Waals surface area contributed by atoms with Crippen molar-refractivity contribution < 1.29 is 22.9 Å². The Morgan fingerprint density at radius 1 is 1.13 bits per heavy atom. The molecule has 3 aromatic rings. The zero-order chi connectivity index (χ0) is 21.7. The van der Waals surface area contributed by atoms with E-state index in [0.29, 0.717) is 17.3 Å². The van der Waals surface area contributed by atoms with Crippen LogP contribution in [-0.2, 0) is 6.18 Å². The highest BCUT2D eigenvalue weighted by Crippen LogP contribution is 2.34. The van der Waals surface area contributed by atoms with Gasteiger partial charge in [-0.2, -0.15) is 13.2 Å². The van der Waals surface area contributed by atoms with Crippen LogP contribution >= 0.6 is 0 Å². The number of alkyl halides is 3. The Kier molecular flexibility index (Phi) is 5.90. The summed E-state index contributed by atoms with van der Waals surface area (Å²) in [6.45, 7) is 0.159. The topological polar surface area (TPSA) is 128 Å². The summed E-state index contributed by atoms with van der Waals surface area (Å²) in [4.78, 5) is 22.3. The van der Waals surface area contributed by atoms with E-state index in [0.717, 1.165) is 12.1 Å². The molecule has 0 aliphatic carbocycles. The monoisotopic (exact) mass is 421 g/mol. The lowest BCUT2D eigenvalue weighted by Crippen LogP contribution is -2.28. The number of halogens is 3. The first-order chi connectivity index (χ1) is 14.3. The maximum atomic E-state index is 12.7. The highest BCUT2D eigenvalue weighted by Gasteiger charge is 2.33. The van der Waals surface area contributed by atoms with Gasteiger partial charge in [-0.15, -0.1) is 5.10 Å². The van der Waals surface area contributed by atoms with Crippen LogP contribution in [0.2, 0.25) is 0 Å². The molecule has 0 aliphatic heterocycles. The fourth-order valence-corrected chi connectivity index (χ4v) is 2.53. The molecule has 30 heavy (non-hydrogen) atoms. The molecule has 1 aromatic heterocycles. The number of benzene rings is 2. The fourth-order valence-electron chi connectivity index (χ4n) is 2.53. The molecule has 10 nitrogen and oxygen atoms in total. The number of nitro benzene ring substituents is 1. The number of hydrogen-bond acceptors (Lipinski definition) is 7. The number of nitrogens with one attached hydrogen (secondary N) is 2. The van der Waals surface area contributed by atoms with Crippen molar-refractivity contribution in [1.82, 2.24) is 25.5 Å². The van der Waals surface area contributed by atoms with E-state index in [1.807, 2.05) is 0 Å². The summed E-state index contributed by atoms with van der Waals surface area (Å²) in [6.07, 6.45) is -3.28. The highest BCUT2D eigenvalue weighted by atomic mass is 19.4. The summed E-state index contributed by atoms with van der Waals surface area (Å²) >= 11 is 0. The Bertz CT molecular complexity index is 1040. The molecule has 0 radical (unpaired) electrons. The summed E-state index contributed by atoms with van der Waals surface area (Å²) in [5.41, 5.74) is -0.860. The van der Waals surface area contributed by atoms with Crippen molar-refractivity contribution in [2.24, 2.45) is 0 Å². The van der Waals surface area contributed by atoms with Crippen LogP contribution in [0.3, 0.4) is 0 Å². The number of carbonyl (C=O) groups excluding carboxylic acids is 1. The Labute approximate surface area is 166 Å². The van der Waals surface area contributed by atoms with Gasteiger partial charge in [-0.05, 0) is 46.8 Å². The van der Waals surface area contributed by atoms with E-state index in [4.69, 9.17) is 0 Å². The van der Waals surface area contributed by atoms with Crippen molar-refractivity contribution in [3.8, 4) is 5.69 Å². The molecule has 13 heteroatoms. The second-order valence-corrected chi connectivity index (χ2v) is 5.97. The first kappa shape index (κ1) is 20.7. The van der Waals surface area contributed by atoms with Gasteiger partial charge in [0.05, 0.1) is 16.2 Å². The molecule has 0 spiro atoms. The third-order valence-corrected chi connectivity index (χ3v) is 3.99. The molecule has 0 atom stereocenters. The molecular formula is C17H14F3N7O3. The van der Waals surface area contributed by atoms with Crippen LogP contribution in [0.4, 0.5) is 24.5 Å². The summed E-state index contributed by atoms with van der Waals surface area (Å²) < 4.78 is 39.6. The van der Waals surface area contributed by atoms with E-state index < -0.39 is 22.4 Å². The molecule has 2 aromatic carbocycles. The van der Waals surface area contributed by atoms with Gasteiger partial charge in [0.25, 0.3) is 11.6 Å². The lowest BCUT2D eigenvalue weighted by atomic mass is 10.1. The number of amides is 1. The van der Waals surface area contributed by atoms with Gasteiger partial charge >= 0.3 is 6.18 Å². The molecular weight excluding hydrogens is 407 g/mol. The largest absolute Gasteiger partial charge is 0.416 e. The predicted octanol–water partition coefficient (Wildman–Crippen LogP) is 2.43. The number of nitrogens with zero attached hydrogens (tertiary/aromatic N) is 5. The van der Waals surface area contributed by atoms with Gasteiger partial charge in [-0.25, -0.2) is 4.68 Å². The van der Waals surface area contributed by atoms with Crippen molar-refractivity contribution in [3.63, 3.8) is 0 Å². The molecule has 0 saturated carbocycles. The molecule has 0 unspecified atom stereocenters. The molecule has 2 N–H and O–H groups in total. The van der Waals surface area contributed by atoms with E-state index in [1.165, 1.54) is 11.0 Å². The van der Waals surface area contributed by atoms with Crippen LogP contribution in [0.5, 0.6) is 0 Å². The van der Waals surface area contributed by atoms with Crippen LogP contribution in [0.1, 0.15) is 15.9 Å². The van der Waals surface area contributed by atoms with E-state index in [1.54, 1.807) is 24.3 Å². The minimum Gasteiger partial charge on any atom is -0.378 e. The first-order valence-corrected chi connectivity index (χ1v) is 8.47. The normalized spacial score (nSPS) is 11.2. The van der Waals surface area contributed by atoms with Gasteiger partial charge in [0, 0.05) is 24.7 Å². The van der Waals surface area contributed by atoms with Crippen molar-refractivity contribution >= 4 is 17.3 Å². The number of anilines is 1. The lowest BCUT2D eigenvalue weighted by Gasteiger charge is -2.11. The summed E-state index contributed by atoms with van der Waals surface area (Å²) in [6, 6.07) is 8.64. The van der Waals surface area contributed by atoms with E-state index in [9.17, 15) is 28.1 Å². The average Bonchev–Trinajstić information content (AvgIpc) is 3.25. The van der Waals surface area contributed by atoms with Crippen molar-refractivity contribution in [3.05, 3.63) is 70.0 Å². The van der Waals surface area contributed by atoms with Gasteiger partial charge in [0.1, 0.15) is 12.0 Å². The summed E-state index contributed by atoms with van der Waals surface area (Å²) in [5, 5.41) is 27.1. The second kappa shape index (κ2) is 8.55. The van der Waals surface area contributed by atoms with Crippen LogP contribution in [-0.4, -0.2) is 44.1 Å². The molecule has 1 amide bonds. The number of carbonyl (C=O) groups is 1. The van der Waals surface area contributed by atoms with Gasteiger partial charge in [-0.1, -0.05) is 0 Å². The third-order valence-electron chi connectivity index (χ3n) is 3.99. The van der Waals surface area contributed by atoms with E-state index in [2.05, 4.69) is 26.2 Å². The Hall–Kier alpha value is -4.03. The van der Waals surface area contributed by atoms with Crippen LogP contribution in [0.15, 0.2) is 48.8 Å². The molecule has 0 bridgehead atoms. The zero-order valence-electron chi connectivity index (χ0n) is 15.1. The summed E-state index contributed by atoms with van der Waals surface area (Å²) in [7, 11) is 0. The maximum absolute atomic E-state index is 12.7. The summed E-state index contributed by atoms with van der Waals surface area (Å²) in [5.74, 6) is -0.387. The Morgan fingerprint density at radius 2 is 1.87 bits per heavy atom. The van der Waals surface area contributed by atoms with Crippen LogP contribution in [0, 0.1) is 10.1 Å². The number of hydrogen-bond donors (Lipinski definition) is 2. The van der Waals surface area contributed by atoms with Crippen molar-refractivity contribution in [2.75, 3.05) is 18.4 Å². The molecule has 3 rings (SSSR count). The number of rotatable bonds is 7. The Balaban J connectivity index is 1.55. The molecule has 1 heterocycles. The number of aromatic nitrogens is 4. The lowest BCUT2D eigenvalue weighted by molar-refractivity contribution is -0.384. The van der Waals surface area contributed by atoms with Crippen LogP contribution in [0.25, 0.3) is 5.69 Å². The quantitative estimate of drug-likeness (QED) is 0.341. The first-order valence-electron chi connectivity index (χ1n) is 8.47. The average molecular weight is 421 g/mol. The maximum Gasteiger partial charge on any atom is 0.416 e. The SMILES string of the molecule is O=C(NCCNc1ccc(C(F)(F)F)cc1[N+](=O)[O-])c1ccc(-n2cnnn2)cc1. The highest BCUT2D eigenvalue weighted by molar-refractivity contribution is 5.94. The minimum absolute atomic E-state index is 0.0701. The van der Waals surface area contributed by atoms with Crippen molar-refractivity contribution in [2.45, 2.75) is 6.18 Å². The molecule has 0 fully saturated rings. The van der Waals surface area contributed by atoms with Crippen LogP contribution < -0.4 is 10.6 Å².